The summed E-state index contributed by atoms with van der Waals surface area (Å²) in [6.45, 7) is 6.35. The average molecular weight is 399 g/mol. The van der Waals surface area contributed by atoms with Gasteiger partial charge in [0.25, 0.3) is 0 Å². The molecule has 0 amide bonds. The first-order chi connectivity index (χ1) is 12.3. The molecule has 0 spiro atoms. The summed E-state index contributed by atoms with van der Waals surface area (Å²) in [6, 6.07) is 1.64. The highest BCUT2D eigenvalue weighted by Gasteiger charge is 2.51. The van der Waals surface area contributed by atoms with Crippen molar-refractivity contribution in [3.05, 3.63) is 17.0 Å². The van der Waals surface area contributed by atoms with Gasteiger partial charge in [-0.05, 0) is 23.8 Å². The van der Waals surface area contributed by atoms with Gasteiger partial charge in [0.05, 0.1) is 20.3 Å². The van der Waals surface area contributed by atoms with Crippen LogP contribution >= 0.6 is 11.8 Å². The van der Waals surface area contributed by atoms with Crippen LogP contribution in [0.4, 0.5) is 0 Å². The number of carbonyl (C=O) groups excluding carboxylic acids is 1. The Hall–Kier alpha value is -1.41. The molecule has 1 aliphatic rings. The van der Waals surface area contributed by atoms with Crippen molar-refractivity contribution < 1.29 is 19.4 Å². The molecule has 2 atom stereocenters. The number of thioether (sulfide) groups is 1. The number of methoxy groups -OCH3 is 2. The highest BCUT2D eigenvalue weighted by Crippen LogP contribution is 2.51. The van der Waals surface area contributed by atoms with Crippen molar-refractivity contribution in [2.24, 2.45) is 5.41 Å². The molecule has 0 saturated heterocycles. The molecule has 2 unspecified atom stereocenters. The lowest BCUT2D eigenvalue weighted by Crippen LogP contribution is -2.32. The van der Waals surface area contributed by atoms with Crippen LogP contribution < -0.4 is 14.6 Å². The lowest BCUT2D eigenvalue weighted by molar-refractivity contribution is -0.304. The fraction of sp³-hybridized carbons (Fsp3) is 0.611. The minimum Gasteiger partial charge on any atom is -0.550 e. The zero-order valence-electron chi connectivity index (χ0n) is 15.9. The number of carboxylic acids is 1. The van der Waals surface area contributed by atoms with Gasteiger partial charge in [0.15, 0.2) is 9.74 Å². The number of nitrogens with zero attached hydrogens (tertiary/aromatic N) is 2. The van der Waals surface area contributed by atoms with Gasteiger partial charge in [-0.3, -0.25) is 0 Å². The summed E-state index contributed by atoms with van der Waals surface area (Å²) in [4.78, 5) is 20.0. The molecule has 1 aromatic rings. The van der Waals surface area contributed by atoms with Crippen LogP contribution in [0.3, 0.4) is 0 Å². The molecule has 2 rings (SSSR count). The molecular weight excluding hydrogens is 372 g/mol. The number of unbranched alkanes of at least 4 members (excludes halogenated alkanes) is 1. The maximum Gasteiger partial charge on any atom is 0.220 e. The lowest BCUT2D eigenvalue weighted by atomic mass is 9.85. The number of ether oxygens (including phenoxy) is 2. The van der Waals surface area contributed by atoms with Crippen LogP contribution in [0.15, 0.2) is 22.2 Å². The highest BCUT2D eigenvalue weighted by molar-refractivity contribution is 8.17. The van der Waals surface area contributed by atoms with Crippen LogP contribution in [-0.2, 0) is 15.7 Å². The van der Waals surface area contributed by atoms with E-state index in [9.17, 15) is 9.90 Å². The fourth-order valence-corrected chi connectivity index (χ4v) is 7.65. The van der Waals surface area contributed by atoms with Crippen LogP contribution in [0.5, 0.6) is 11.8 Å². The standard InChI is InChI=1S/C18H26N2O4S2/c1-6-7-8-26-11-12(9-15(21)22)18(2,3)16(26)25-17-19-13(23-4)10-14(20-17)24-5/h10-11,16H,6-9H2,1-5H3. The highest BCUT2D eigenvalue weighted by atomic mass is 32.2. The molecule has 144 valence electrons. The molecule has 2 heterocycles. The molecule has 6 nitrogen and oxygen atoms in total. The maximum atomic E-state index is 11.2. The summed E-state index contributed by atoms with van der Waals surface area (Å²) in [5.74, 6) is 0.904. The van der Waals surface area contributed by atoms with Gasteiger partial charge in [-0.15, -0.1) is 0 Å². The molecule has 0 aromatic carbocycles. The summed E-state index contributed by atoms with van der Waals surface area (Å²) < 4.78 is 10.6. The molecule has 8 heteroatoms. The number of rotatable bonds is 9. The van der Waals surface area contributed by atoms with Gasteiger partial charge in [-0.25, -0.2) is 0 Å². The first-order valence-corrected chi connectivity index (χ1v) is 10.9. The topological polar surface area (TPSA) is 84.4 Å². The second-order valence-corrected chi connectivity index (χ2v) is 10.1. The van der Waals surface area contributed by atoms with Crippen molar-refractivity contribution in [2.75, 3.05) is 20.0 Å². The van der Waals surface area contributed by atoms with Gasteiger partial charge in [0.1, 0.15) is 11.2 Å². The Kier molecular flexibility index (Phi) is 7.23. The molecule has 0 radical (unpaired) electrons. The largest absolute Gasteiger partial charge is 0.550 e. The van der Waals surface area contributed by atoms with Crippen molar-refractivity contribution in [3.8, 4) is 11.8 Å². The van der Waals surface area contributed by atoms with E-state index in [1.807, 2.05) is 0 Å². The van der Waals surface area contributed by atoms with Crippen LogP contribution in [0.25, 0.3) is 0 Å². The third-order valence-corrected chi connectivity index (χ3v) is 9.06. The second kappa shape index (κ2) is 8.99. The molecule has 1 aromatic heterocycles. The van der Waals surface area contributed by atoms with E-state index >= 15 is 0 Å². The van der Waals surface area contributed by atoms with Crippen molar-refractivity contribution in [1.82, 2.24) is 9.97 Å². The lowest BCUT2D eigenvalue weighted by Gasteiger charge is -2.26. The van der Waals surface area contributed by atoms with E-state index in [4.69, 9.17) is 9.47 Å². The Morgan fingerprint density at radius 2 is 1.92 bits per heavy atom. The number of carboxylic acid groups (broad SMARTS) is 1. The minimum atomic E-state index is -1.03. The summed E-state index contributed by atoms with van der Waals surface area (Å²) in [5, 5.41) is 13.9. The Morgan fingerprint density at radius 1 is 1.31 bits per heavy atom. The van der Waals surface area contributed by atoms with Crippen molar-refractivity contribution in [3.63, 3.8) is 0 Å². The number of aliphatic carboxylic acids is 1. The molecule has 0 aliphatic carbocycles. The van der Waals surface area contributed by atoms with E-state index in [1.165, 1.54) is 0 Å². The van der Waals surface area contributed by atoms with Gasteiger partial charge in [-0.2, -0.15) is 9.97 Å². The summed E-state index contributed by atoms with van der Waals surface area (Å²) in [5.41, 5.74) is 0.658. The third-order valence-electron chi connectivity index (χ3n) is 4.34. The SMILES string of the molecule is CCCC[S+]1C=C(CC(=O)[O-])C(C)(C)C1Sc1nc(OC)cc(OC)n1. The molecule has 0 bridgehead atoms. The molecule has 0 N–H and O–H groups in total. The second-order valence-electron chi connectivity index (χ2n) is 6.63. The van der Waals surface area contributed by atoms with E-state index in [0.717, 1.165) is 24.2 Å². The van der Waals surface area contributed by atoms with Gasteiger partial charge in [-0.1, -0.05) is 27.2 Å². The van der Waals surface area contributed by atoms with E-state index in [2.05, 4.69) is 36.1 Å². The Bertz CT molecular complexity index is 657. The molecular formula is C18H26N2O4S2. The van der Waals surface area contributed by atoms with Gasteiger partial charge >= 0.3 is 0 Å². The Morgan fingerprint density at radius 3 is 2.42 bits per heavy atom. The smallest absolute Gasteiger partial charge is 0.220 e. The molecule has 0 saturated carbocycles. The normalized spacial score (nSPS) is 21.3. The minimum absolute atomic E-state index is 0.0258. The van der Waals surface area contributed by atoms with E-state index in [-0.39, 0.29) is 27.3 Å². The van der Waals surface area contributed by atoms with E-state index < -0.39 is 5.97 Å². The Balaban J connectivity index is 2.31. The number of carbonyl (C=O) groups is 1. The molecule has 1 aliphatic heterocycles. The maximum absolute atomic E-state index is 11.2. The number of hydrogen-bond donors (Lipinski definition) is 0. The monoisotopic (exact) mass is 398 g/mol. The third kappa shape index (κ3) is 4.85. The van der Waals surface area contributed by atoms with Crippen LogP contribution in [0, 0.1) is 5.41 Å². The zero-order chi connectivity index (χ0) is 19.3. The molecule has 0 fully saturated rings. The Labute approximate surface area is 162 Å². The fourth-order valence-electron chi connectivity index (χ4n) is 2.78. The molecule has 26 heavy (non-hydrogen) atoms. The predicted molar refractivity (Wildman–Crippen MR) is 103 cm³/mol. The van der Waals surface area contributed by atoms with E-state index in [1.54, 1.807) is 32.0 Å². The van der Waals surface area contributed by atoms with Crippen LogP contribution in [0.1, 0.15) is 40.0 Å². The summed E-state index contributed by atoms with van der Waals surface area (Å²) in [7, 11) is 3.06. The van der Waals surface area contributed by atoms with Crippen molar-refractivity contribution in [2.45, 2.75) is 49.8 Å². The average Bonchev–Trinajstić information content (AvgIpc) is 2.82. The van der Waals surface area contributed by atoms with Gasteiger partial charge < -0.3 is 19.4 Å². The van der Waals surface area contributed by atoms with Crippen LogP contribution in [-0.4, -0.2) is 40.5 Å². The van der Waals surface area contributed by atoms with Gasteiger partial charge in [0.2, 0.25) is 11.8 Å². The quantitative estimate of drug-likeness (QED) is 0.466. The summed E-state index contributed by atoms with van der Waals surface area (Å²) in [6.07, 6.45) is 2.18. The number of hydrogen-bond acceptors (Lipinski definition) is 7. The zero-order valence-corrected chi connectivity index (χ0v) is 17.5. The van der Waals surface area contributed by atoms with E-state index in [0.29, 0.717) is 16.9 Å². The van der Waals surface area contributed by atoms with Crippen molar-refractivity contribution >= 4 is 28.6 Å². The predicted octanol–water partition coefficient (Wildman–Crippen LogP) is 2.39. The van der Waals surface area contributed by atoms with Gasteiger partial charge in [0, 0.05) is 28.7 Å². The summed E-state index contributed by atoms with van der Waals surface area (Å²) >= 11 is 1.57. The number of aromatic nitrogens is 2. The first-order valence-electron chi connectivity index (χ1n) is 8.55. The van der Waals surface area contributed by atoms with Crippen molar-refractivity contribution in [1.29, 1.82) is 0 Å². The van der Waals surface area contributed by atoms with Crippen LogP contribution in [0.2, 0.25) is 0 Å². The first kappa shape index (κ1) is 20.9.